The maximum atomic E-state index is 11.6. The van der Waals surface area contributed by atoms with Crippen molar-refractivity contribution in [3.8, 4) is 0 Å². The molecule has 0 aromatic carbocycles. The molecule has 2 fully saturated rings. The normalized spacial score (nSPS) is 35.5. The highest BCUT2D eigenvalue weighted by molar-refractivity contribution is 7.85. The first-order valence-corrected chi connectivity index (χ1v) is 6.47. The molecule has 14 heavy (non-hydrogen) atoms. The van der Waals surface area contributed by atoms with E-state index in [1.165, 1.54) is 0 Å². The lowest BCUT2D eigenvalue weighted by Gasteiger charge is -2.37. The van der Waals surface area contributed by atoms with Gasteiger partial charge in [-0.3, -0.25) is 9.11 Å². The van der Waals surface area contributed by atoms with Gasteiger partial charge in [0.15, 0.2) is 0 Å². The maximum Gasteiger partial charge on any atom is 0.0365 e. The largest absolute Gasteiger partial charge is 0.314 e. The zero-order valence-electron chi connectivity index (χ0n) is 8.57. The van der Waals surface area contributed by atoms with Crippen LogP contribution in [0.15, 0.2) is 0 Å². The molecular formula is C9H19ClN2OS. The van der Waals surface area contributed by atoms with Crippen molar-refractivity contribution >= 4 is 23.2 Å². The molecule has 2 aliphatic rings. The first-order valence-electron chi connectivity index (χ1n) is 5.09. The van der Waals surface area contributed by atoms with E-state index in [1.807, 2.05) is 0 Å². The zero-order chi connectivity index (χ0) is 9.26. The van der Waals surface area contributed by atoms with Crippen LogP contribution in [0.2, 0.25) is 0 Å². The van der Waals surface area contributed by atoms with E-state index in [4.69, 9.17) is 0 Å². The van der Waals surface area contributed by atoms with Gasteiger partial charge in [0.25, 0.3) is 0 Å². The Labute approximate surface area is 94.5 Å². The molecule has 0 aromatic rings. The number of nitrogens with zero attached hydrogens (tertiary/aromatic N) is 1. The van der Waals surface area contributed by atoms with Crippen LogP contribution in [0.3, 0.4) is 0 Å². The van der Waals surface area contributed by atoms with Gasteiger partial charge in [-0.25, -0.2) is 0 Å². The molecule has 2 rings (SSSR count). The molecule has 2 aliphatic heterocycles. The quantitative estimate of drug-likeness (QED) is 0.710. The smallest absolute Gasteiger partial charge is 0.0365 e. The predicted octanol–water partition coefficient (Wildman–Crippen LogP) is 0.223. The van der Waals surface area contributed by atoms with Gasteiger partial charge in [0.05, 0.1) is 0 Å². The Morgan fingerprint density at radius 3 is 2.64 bits per heavy atom. The number of hydrogen-bond acceptors (Lipinski definition) is 3. The number of halogens is 1. The minimum atomic E-state index is -0.580. The van der Waals surface area contributed by atoms with E-state index in [9.17, 15) is 4.21 Å². The van der Waals surface area contributed by atoms with Crippen molar-refractivity contribution in [2.45, 2.75) is 24.6 Å². The third-order valence-electron chi connectivity index (χ3n) is 3.13. The minimum absolute atomic E-state index is 0. The summed E-state index contributed by atoms with van der Waals surface area (Å²) in [6.45, 7) is 6.53. The second-order valence-corrected chi connectivity index (χ2v) is 6.01. The van der Waals surface area contributed by atoms with Crippen molar-refractivity contribution in [1.82, 2.24) is 10.2 Å². The van der Waals surface area contributed by atoms with Crippen molar-refractivity contribution in [3.05, 3.63) is 0 Å². The average molecular weight is 239 g/mol. The fourth-order valence-corrected chi connectivity index (χ4v) is 3.08. The summed E-state index contributed by atoms with van der Waals surface area (Å²) in [5, 5.41) is 3.68. The van der Waals surface area contributed by atoms with Crippen molar-refractivity contribution in [1.29, 1.82) is 0 Å². The third kappa shape index (κ3) is 2.69. The molecule has 0 saturated carbocycles. The second-order valence-electron chi connectivity index (χ2n) is 4.03. The molecule has 0 bridgehead atoms. The molecule has 2 saturated heterocycles. The maximum absolute atomic E-state index is 11.6. The van der Waals surface area contributed by atoms with E-state index < -0.39 is 10.8 Å². The number of nitrogens with one attached hydrogen (secondary N) is 1. The van der Waals surface area contributed by atoms with Crippen LogP contribution < -0.4 is 5.32 Å². The van der Waals surface area contributed by atoms with E-state index in [1.54, 1.807) is 0 Å². The Kier molecular flexibility index (Phi) is 4.83. The van der Waals surface area contributed by atoms with Crippen molar-refractivity contribution in [2.24, 2.45) is 0 Å². The van der Waals surface area contributed by atoms with Crippen molar-refractivity contribution in [3.63, 3.8) is 0 Å². The molecule has 0 radical (unpaired) electrons. The molecule has 0 spiro atoms. The number of hydrogen-bond donors (Lipinski definition) is 1. The van der Waals surface area contributed by atoms with E-state index in [0.29, 0.717) is 5.25 Å². The zero-order valence-corrected chi connectivity index (χ0v) is 10.2. The highest BCUT2D eigenvalue weighted by Crippen LogP contribution is 2.13. The first-order chi connectivity index (χ1) is 6.27. The van der Waals surface area contributed by atoms with Gasteiger partial charge in [-0.2, -0.15) is 0 Å². The summed E-state index contributed by atoms with van der Waals surface area (Å²) in [6.07, 6.45) is 1.10. The molecule has 2 heterocycles. The fourth-order valence-electron chi connectivity index (χ4n) is 1.90. The Morgan fingerprint density at radius 1 is 1.36 bits per heavy atom. The fraction of sp³-hybridized carbons (Fsp3) is 1.00. The van der Waals surface area contributed by atoms with Gasteiger partial charge in [0.1, 0.15) is 0 Å². The van der Waals surface area contributed by atoms with Crippen LogP contribution in [0, 0.1) is 0 Å². The van der Waals surface area contributed by atoms with E-state index >= 15 is 0 Å². The van der Waals surface area contributed by atoms with Crippen molar-refractivity contribution in [2.75, 3.05) is 31.9 Å². The van der Waals surface area contributed by atoms with Crippen molar-refractivity contribution < 1.29 is 4.21 Å². The van der Waals surface area contributed by atoms with Crippen LogP contribution >= 0.6 is 12.4 Å². The lowest BCUT2D eigenvalue weighted by Crippen LogP contribution is -2.57. The molecule has 0 aliphatic carbocycles. The molecule has 5 heteroatoms. The summed E-state index contributed by atoms with van der Waals surface area (Å²) >= 11 is 0. The summed E-state index contributed by atoms with van der Waals surface area (Å²) in [6, 6.07) is 0.724. The van der Waals surface area contributed by atoms with Gasteiger partial charge in [-0.05, 0) is 13.0 Å². The Balaban J connectivity index is 0.000000980. The lowest BCUT2D eigenvalue weighted by molar-refractivity contribution is 0.155. The molecule has 1 N–H and O–H groups in total. The van der Waals surface area contributed by atoms with Crippen LogP contribution in [0.25, 0.3) is 0 Å². The Bertz CT molecular complexity index is 211. The average Bonchev–Trinajstić information content (AvgIpc) is 2.16. The van der Waals surface area contributed by atoms with Crippen LogP contribution in [0.4, 0.5) is 0 Å². The SMILES string of the molecule is CC1CCN(C2CNC2)CCS1=O.Cl. The first kappa shape index (κ1) is 12.4. The molecular weight excluding hydrogens is 220 g/mol. The van der Waals surface area contributed by atoms with Gasteiger partial charge in [-0.15, -0.1) is 12.4 Å². The summed E-state index contributed by atoms with van der Waals surface area (Å²) in [5.41, 5.74) is 0. The summed E-state index contributed by atoms with van der Waals surface area (Å²) in [5.74, 6) is 0.873. The van der Waals surface area contributed by atoms with Crippen LogP contribution in [-0.4, -0.2) is 52.3 Å². The molecule has 84 valence electrons. The number of rotatable bonds is 1. The van der Waals surface area contributed by atoms with Crippen LogP contribution in [0.1, 0.15) is 13.3 Å². The predicted molar refractivity (Wildman–Crippen MR) is 62.6 cm³/mol. The molecule has 2 atom stereocenters. The van der Waals surface area contributed by atoms with Gasteiger partial charge >= 0.3 is 0 Å². The van der Waals surface area contributed by atoms with Gasteiger partial charge in [0, 0.05) is 47.5 Å². The molecule has 0 aromatic heterocycles. The Morgan fingerprint density at radius 2 is 2.07 bits per heavy atom. The summed E-state index contributed by atoms with van der Waals surface area (Å²) in [4.78, 5) is 2.50. The third-order valence-corrected chi connectivity index (χ3v) is 4.85. The van der Waals surface area contributed by atoms with Gasteiger partial charge in [-0.1, -0.05) is 6.92 Å². The Hall–Kier alpha value is 0.360. The summed E-state index contributed by atoms with van der Waals surface area (Å²) < 4.78 is 11.6. The standard InChI is InChI=1S/C9H18N2OS.ClH/c1-8-2-3-11(4-5-13(8)12)9-6-10-7-9;/h8-10H,2-7H2,1H3;1H. The van der Waals surface area contributed by atoms with Crippen LogP contribution in [0.5, 0.6) is 0 Å². The van der Waals surface area contributed by atoms with Gasteiger partial charge < -0.3 is 5.32 Å². The van der Waals surface area contributed by atoms with Gasteiger partial charge in [0.2, 0.25) is 0 Å². The molecule has 0 amide bonds. The molecule has 3 nitrogen and oxygen atoms in total. The highest BCUT2D eigenvalue weighted by Gasteiger charge is 2.27. The minimum Gasteiger partial charge on any atom is -0.314 e. The van der Waals surface area contributed by atoms with E-state index in [-0.39, 0.29) is 12.4 Å². The molecule has 2 unspecified atom stereocenters. The highest BCUT2D eigenvalue weighted by atomic mass is 35.5. The summed E-state index contributed by atoms with van der Waals surface area (Å²) in [7, 11) is -0.580. The van der Waals surface area contributed by atoms with Crippen LogP contribution in [-0.2, 0) is 10.8 Å². The monoisotopic (exact) mass is 238 g/mol. The second kappa shape index (κ2) is 5.45. The van der Waals surface area contributed by atoms with E-state index in [2.05, 4.69) is 17.1 Å². The van der Waals surface area contributed by atoms with E-state index in [0.717, 1.165) is 44.4 Å². The lowest BCUT2D eigenvalue weighted by atomic mass is 10.1. The topological polar surface area (TPSA) is 32.3 Å².